The van der Waals surface area contributed by atoms with Gasteiger partial charge in [-0.3, -0.25) is 4.98 Å². The van der Waals surface area contributed by atoms with Crippen LogP contribution in [0.25, 0.3) is 0 Å². The summed E-state index contributed by atoms with van der Waals surface area (Å²) >= 11 is 5.58. The van der Waals surface area contributed by atoms with E-state index in [1.54, 1.807) is 31.5 Å². The zero-order valence-electron chi connectivity index (χ0n) is 10.3. The van der Waals surface area contributed by atoms with Gasteiger partial charge in [0.25, 0.3) is 0 Å². The highest BCUT2D eigenvalue weighted by Crippen LogP contribution is 2.29. The van der Waals surface area contributed by atoms with E-state index < -0.39 is 12.0 Å². The van der Waals surface area contributed by atoms with Crippen molar-refractivity contribution in [2.45, 2.75) is 19.1 Å². The van der Waals surface area contributed by atoms with Crippen LogP contribution in [-0.4, -0.2) is 15.0 Å². The number of hydrogen-bond acceptors (Lipinski definition) is 4. The third kappa shape index (κ3) is 3.57. The highest BCUT2D eigenvalue weighted by Gasteiger charge is 2.35. The fourth-order valence-corrected chi connectivity index (χ4v) is 1.76. The van der Waals surface area contributed by atoms with E-state index in [9.17, 15) is 13.2 Å². The predicted molar refractivity (Wildman–Crippen MR) is 68.3 cm³/mol. The summed E-state index contributed by atoms with van der Waals surface area (Å²) in [7, 11) is 0. The zero-order chi connectivity index (χ0) is 14.8. The molecular formula is C12H10ClF3N4. The molecule has 1 unspecified atom stereocenters. The van der Waals surface area contributed by atoms with Crippen molar-refractivity contribution >= 4 is 17.4 Å². The maximum Gasteiger partial charge on any atom is 0.451 e. The molecule has 2 rings (SSSR count). The second kappa shape index (κ2) is 5.62. The lowest BCUT2D eigenvalue weighted by Crippen LogP contribution is -2.14. The minimum absolute atomic E-state index is 0.0154. The fraction of sp³-hybridized carbons (Fsp3) is 0.250. The summed E-state index contributed by atoms with van der Waals surface area (Å²) in [4.78, 5) is 10.5. The van der Waals surface area contributed by atoms with Gasteiger partial charge in [0.05, 0.1) is 6.04 Å². The number of anilines is 1. The molecule has 0 saturated heterocycles. The number of hydrogen-bond donors (Lipinski definition) is 1. The van der Waals surface area contributed by atoms with E-state index in [1.165, 1.54) is 6.07 Å². The monoisotopic (exact) mass is 302 g/mol. The lowest BCUT2D eigenvalue weighted by atomic mass is 10.1. The van der Waals surface area contributed by atoms with Gasteiger partial charge in [-0.15, -0.1) is 0 Å². The molecule has 0 radical (unpaired) electrons. The Kier molecular flexibility index (Phi) is 4.08. The van der Waals surface area contributed by atoms with Crippen LogP contribution in [0, 0.1) is 0 Å². The molecule has 20 heavy (non-hydrogen) atoms. The van der Waals surface area contributed by atoms with Gasteiger partial charge in [-0.25, -0.2) is 9.97 Å². The summed E-state index contributed by atoms with van der Waals surface area (Å²) in [5, 5.41) is 2.58. The molecule has 1 N–H and O–H groups in total. The SMILES string of the molecule is CC(Nc1cc(Cl)nc(C(F)(F)F)n1)c1ccncc1. The van der Waals surface area contributed by atoms with Crippen LogP contribution in [0.4, 0.5) is 19.0 Å². The zero-order valence-corrected chi connectivity index (χ0v) is 11.1. The van der Waals surface area contributed by atoms with E-state index in [4.69, 9.17) is 11.6 Å². The van der Waals surface area contributed by atoms with Gasteiger partial charge in [0, 0.05) is 18.5 Å². The van der Waals surface area contributed by atoms with Gasteiger partial charge >= 0.3 is 6.18 Å². The van der Waals surface area contributed by atoms with E-state index >= 15 is 0 Å². The molecule has 1 atom stereocenters. The number of nitrogens with zero attached hydrogens (tertiary/aromatic N) is 3. The molecule has 0 aliphatic carbocycles. The summed E-state index contributed by atoms with van der Waals surface area (Å²) in [5.41, 5.74) is 0.864. The van der Waals surface area contributed by atoms with Crippen molar-refractivity contribution in [3.8, 4) is 0 Å². The van der Waals surface area contributed by atoms with Crippen molar-refractivity contribution < 1.29 is 13.2 Å². The molecule has 0 fully saturated rings. The predicted octanol–water partition coefficient (Wildman–Crippen LogP) is 3.72. The molecule has 106 valence electrons. The number of alkyl halides is 3. The van der Waals surface area contributed by atoms with Crippen LogP contribution in [0.3, 0.4) is 0 Å². The van der Waals surface area contributed by atoms with Gasteiger partial charge in [0.2, 0.25) is 5.82 Å². The molecule has 2 heterocycles. The van der Waals surface area contributed by atoms with Crippen LogP contribution >= 0.6 is 11.6 Å². The van der Waals surface area contributed by atoms with Crippen molar-refractivity contribution in [1.82, 2.24) is 15.0 Å². The Morgan fingerprint density at radius 1 is 1.20 bits per heavy atom. The maximum absolute atomic E-state index is 12.6. The number of rotatable bonds is 3. The molecule has 2 aromatic rings. The second-order valence-corrected chi connectivity index (χ2v) is 4.43. The number of halogens is 4. The first-order chi connectivity index (χ1) is 9.36. The molecule has 8 heteroatoms. The molecule has 0 bridgehead atoms. The third-order valence-corrected chi connectivity index (χ3v) is 2.71. The number of pyridine rings is 1. The van der Waals surface area contributed by atoms with Gasteiger partial charge in [0.1, 0.15) is 11.0 Å². The molecule has 4 nitrogen and oxygen atoms in total. The Balaban J connectivity index is 2.24. The topological polar surface area (TPSA) is 50.7 Å². The Morgan fingerprint density at radius 3 is 2.45 bits per heavy atom. The van der Waals surface area contributed by atoms with Crippen LogP contribution in [0.15, 0.2) is 30.6 Å². The van der Waals surface area contributed by atoms with Gasteiger partial charge < -0.3 is 5.32 Å². The second-order valence-electron chi connectivity index (χ2n) is 4.04. The molecule has 0 amide bonds. The smallest absolute Gasteiger partial charge is 0.363 e. The van der Waals surface area contributed by atoms with Crippen LogP contribution in [0.5, 0.6) is 0 Å². The summed E-state index contributed by atoms with van der Waals surface area (Å²) in [5.74, 6) is -1.25. The normalized spacial score (nSPS) is 13.1. The van der Waals surface area contributed by atoms with Crippen LogP contribution < -0.4 is 5.32 Å². The van der Waals surface area contributed by atoms with Crippen LogP contribution in [0.1, 0.15) is 24.4 Å². The van der Waals surface area contributed by atoms with Gasteiger partial charge in [0.15, 0.2) is 0 Å². The first kappa shape index (κ1) is 14.5. The highest BCUT2D eigenvalue weighted by atomic mass is 35.5. The quantitative estimate of drug-likeness (QED) is 0.878. The number of nitrogens with one attached hydrogen (secondary N) is 1. The maximum atomic E-state index is 12.6. The summed E-state index contributed by atoms with van der Waals surface area (Å²) < 4.78 is 37.8. The molecule has 0 aliphatic rings. The standard InChI is InChI=1S/C12H10ClF3N4/c1-7(8-2-4-17-5-3-8)18-10-6-9(13)19-11(20-10)12(14,15)16/h2-7H,1H3,(H,18,19,20). The van der Waals surface area contributed by atoms with Crippen LogP contribution in [-0.2, 0) is 6.18 Å². The largest absolute Gasteiger partial charge is 0.451 e. The van der Waals surface area contributed by atoms with Gasteiger partial charge in [-0.2, -0.15) is 13.2 Å². The molecular weight excluding hydrogens is 293 g/mol. The van der Waals surface area contributed by atoms with Crippen molar-refractivity contribution in [3.05, 3.63) is 47.1 Å². The van der Waals surface area contributed by atoms with Crippen molar-refractivity contribution in [3.63, 3.8) is 0 Å². The number of aromatic nitrogens is 3. The highest BCUT2D eigenvalue weighted by molar-refractivity contribution is 6.29. The molecule has 0 saturated carbocycles. The lowest BCUT2D eigenvalue weighted by Gasteiger charge is -2.15. The summed E-state index contributed by atoms with van der Waals surface area (Å²) in [6, 6.07) is 4.51. The van der Waals surface area contributed by atoms with Crippen molar-refractivity contribution in [2.24, 2.45) is 0 Å². The van der Waals surface area contributed by atoms with Crippen molar-refractivity contribution in [2.75, 3.05) is 5.32 Å². The molecule has 0 aliphatic heterocycles. The Morgan fingerprint density at radius 2 is 1.85 bits per heavy atom. The summed E-state index contributed by atoms with van der Waals surface area (Å²) in [6.45, 7) is 1.79. The average molecular weight is 303 g/mol. The fourth-order valence-electron chi connectivity index (χ4n) is 1.58. The van der Waals surface area contributed by atoms with Gasteiger partial charge in [-0.05, 0) is 24.6 Å². The Hall–Kier alpha value is -1.89. The first-order valence-electron chi connectivity index (χ1n) is 5.64. The Bertz CT molecular complexity index is 589. The molecule has 0 spiro atoms. The Labute approximate surface area is 118 Å². The third-order valence-electron chi connectivity index (χ3n) is 2.52. The first-order valence-corrected chi connectivity index (χ1v) is 6.02. The van der Waals surface area contributed by atoms with Crippen LogP contribution in [0.2, 0.25) is 5.15 Å². The average Bonchev–Trinajstić information content (AvgIpc) is 2.38. The van der Waals surface area contributed by atoms with E-state index in [2.05, 4.69) is 20.3 Å². The lowest BCUT2D eigenvalue weighted by molar-refractivity contribution is -0.144. The van der Waals surface area contributed by atoms with E-state index in [-0.39, 0.29) is 17.0 Å². The van der Waals surface area contributed by atoms with Crippen molar-refractivity contribution in [1.29, 1.82) is 0 Å². The minimum Gasteiger partial charge on any atom is -0.363 e. The van der Waals surface area contributed by atoms with E-state index in [1.807, 2.05) is 0 Å². The minimum atomic E-state index is -4.64. The van der Waals surface area contributed by atoms with E-state index in [0.717, 1.165) is 5.56 Å². The van der Waals surface area contributed by atoms with Gasteiger partial charge in [-0.1, -0.05) is 11.6 Å². The summed E-state index contributed by atoms with van der Waals surface area (Å²) in [6.07, 6.45) is -1.44. The molecule has 2 aromatic heterocycles. The van der Waals surface area contributed by atoms with E-state index in [0.29, 0.717) is 0 Å². The molecule has 0 aromatic carbocycles.